The van der Waals surface area contributed by atoms with E-state index < -0.39 is 13.7 Å². The molecule has 0 atom stereocenters. The van der Waals surface area contributed by atoms with Crippen molar-refractivity contribution in [2.75, 3.05) is 0 Å². The Bertz CT molecular complexity index is 3020. The molecular formula is C58H68N4+4. The fourth-order valence-electron chi connectivity index (χ4n) is 7.51. The van der Waals surface area contributed by atoms with E-state index in [0.717, 1.165) is 39.3 Å². The van der Waals surface area contributed by atoms with Crippen LogP contribution in [0.4, 0.5) is 0 Å². The van der Waals surface area contributed by atoms with E-state index in [-0.39, 0.29) is 0 Å². The zero-order valence-corrected chi connectivity index (χ0v) is 38.8. The number of benzene rings is 4. The van der Waals surface area contributed by atoms with Crippen LogP contribution < -0.4 is 18.3 Å². The number of nitrogens with zero attached hydrogens (tertiary/aromatic N) is 4. The maximum atomic E-state index is 7.54. The van der Waals surface area contributed by atoms with Crippen molar-refractivity contribution in [1.82, 2.24) is 0 Å². The standard InChI is InChI=1S/2C15H18N.2C14H16N/c2*1-11-8-9-14(12(2)10-11)15-7-5-6-13(3)16(15)4;2*1-11-7-4-5-9-13(11)14-10-6-8-12(2)15(14)3/h2*5-10H,1-4H3;2*4-10H,1-3H3/q4*+1/i1D3;;2D3;. The van der Waals surface area contributed by atoms with Gasteiger partial charge in [-0.15, -0.1) is 0 Å². The Balaban J connectivity index is 0.000000170. The van der Waals surface area contributed by atoms with E-state index in [0.29, 0.717) is 11.3 Å². The van der Waals surface area contributed by atoms with Gasteiger partial charge in [0.05, 0.1) is 0 Å². The first kappa shape index (κ1) is 38.4. The first-order valence-electron chi connectivity index (χ1n) is 24.2. The number of aryl methyl sites for hydroxylation is 10. The Hall–Kier alpha value is -6.52. The molecule has 8 aromatic rings. The van der Waals surface area contributed by atoms with E-state index in [1.807, 2.05) is 69.4 Å². The second kappa shape index (κ2) is 21.3. The predicted molar refractivity (Wildman–Crippen MR) is 260 cm³/mol. The van der Waals surface area contributed by atoms with Gasteiger partial charge in [-0.05, 0) is 112 Å². The fraction of sp³-hybridized carbons (Fsp3) is 0.241. The zero-order chi connectivity index (χ0) is 50.1. The molecule has 4 heterocycles. The lowest BCUT2D eigenvalue weighted by atomic mass is 10.0. The first-order valence-corrected chi connectivity index (χ1v) is 21.2. The normalized spacial score (nSPS) is 12.3. The molecule has 0 saturated heterocycles. The summed E-state index contributed by atoms with van der Waals surface area (Å²) in [6.07, 6.45) is 0. The van der Waals surface area contributed by atoms with Crippen molar-refractivity contribution in [3.63, 3.8) is 0 Å². The van der Waals surface area contributed by atoms with E-state index in [1.54, 1.807) is 35.9 Å². The summed E-state index contributed by atoms with van der Waals surface area (Å²) in [6.45, 7) is 12.6. The van der Waals surface area contributed by atoms with Gasteiger partial charge in [0.1, 0.15) is 28.2 Å². The smallest absolute Gasteiger partial charge is 0.199 e. The summed E-state index contributed by atoms with van der Waals surface area (Å²) in [5.74, 6) is 0. The lowest BCUT2D eigenvalue weighted by Gasteiger charge is -2.06. The molecule has 4 nitrogen and oxygen atoms in total. The van der Waals surface area contributed by atoms with Crippen LogP contribution in [0.1, 0.15) is 64.4 Å². The Morgan fingerprint density at radius 3 is 0.968 bits per heavy atom. The number of rotatable bonds is 4. The van der Waals surface area contributed by atoms with Crippen molar-refractivity contribution in [2.45, 2.75) is 69.1 Å². The molecule has 4 heteroatoms. The minimum absolute atomic E-state index is 0.350. The third kappa shape index (κ3) is 11.4. The highest BCUT2D eigenvalue weighted by molar-refractivity contribution is 5.63. The highest BCUT2D eigenvalue weighted by Crippen LogP contribution is 2.24. The monoisotopic (exact) mass is 827 g/mol. The van der Waals surface area contributed by atoms with Gasteiger partial charge in [-0.25, -0.2) is 0 Å². The van der Waals surface area contributed by atoms with Crippen LogP contribution in [0, 0.1) is 69.1 Å². The molecule has 0 aliphatic rings. The largest absolute Gasteiger partial charge is 0.212 e. The van der Waals surface area contributed by atoms with Crippen molar-refractivity contribution in [1.29, 1.82) is 0 Å². The molecule has 4 aromatic carbocycles. The predicted octanol–water partition coefficient (Wildman–Crippen LogP) is 11.8. The van der Waals surface area contributed by atoms with Gasteiger partial charge in [-0.1, -0.05) is 71.8 Å². The molecule has 0 radical (unpaired) electrons. The van der Waals surface area contributed by atoms with Crippen molar-refractivity contribution >= 4 is 0 Å². The van der Waals surface area contributed by atoms with Gasteiger partial charge in [-0.3, -0.25) is 0 Å². The van der Waals surface area contributed by atoms with Crippen molar-refractivity contribution < 1.29 is 26.5 Å². The molecule has 0 aliphatic heterocycles. The van der Waals surface area contributed by atoms with Crippen LogP contribution in [0.5, 0.6) is 0 Å². The van der Waals surface area contributed by atoms with Crippen LogP contribution >= 0.6 is 0 Å². The third-order valence-electron chi connectivity index (χ3n) is 11.7. The Labute approximate surface area is 381 Å². The molecule has 62 heavy (non-hydrogen) atoms. The number of hydrogen-bond donors (Lipinski definition) is 0. The van der Waals surface area contributed by atoms with Crippen molar-refractivity contribution in [3.8, 4) is 45.0 Å². The van der Waals surface area contributed by atoms with Crippen LogP contribution in [-0.2, 0) is 28.2 Å². The minimum atomic E-state index is -2.09. The van der Waals surface area contributed by atoms with Gasteiger partial charge in [0.2, 0.25) is 22.8 Å². The zero-order valence-electron chi connectivity index (χ0n) is 44.8. The average Bonchev–Trinajstić information content (AvgIpc) is 3.28. The second-order valence-electron chi connectivity index (χ2n) is 16.2. The van der Waals surface area contributed by atoms with Crippen molar-refractivity contribution in [2.24, 2.45) is 28.2 Å². The summed E-state index contributed by atoms with van der Waals surface area (Å²) in [5, 5.41) is 0. The van der Waals surface area contributed by atoms with Crippen molar-refractivity contribution in [3.05, 3.63) is 214 Å². The van der Waals surface area contributed by atoms with Gasteiger partial charge in [0.15, 0.2) is 22.8 Å². The van der Waals surface area contributed by atoms with Gasteiger partial charge in [0.25, 0.3) is 0 Å². The highest BCUT2D eigenvalue weighted by atomic mass is 15.0. The topological polar surface area (TPSA) is 15.5 Å². The number of aromatic nitrogens is 4. The van der Waals surface area contributed by atoms with Crippen LogP contribution in [0.2, 0.25) is 0 Å². The Morgan fingerprint density at radius 2 is 0.613 bits per heavy atom. The fourth-order valence-corrected chi connectivity index (χ4v) is 7.51. The summed E-state index contributed by atoms with van der Waals surface area (Å²) >= 11 is 0. The average molecular weight is 827 g/mol. The summed E-state index contributed by atoms with van der Waals surface area (Å²) < 4.78 is 53.3. The van der Waals surface area contributed by atoms with E-state index in [4.69, 9.17) is 8.22 Å². The molecule has 0 spiro atoms. The molecular weight excluding hydrogens is 753 g/mol. The molecule has 4 aromatic heterocycles. The van der Waals surface area contributed by atoms with E-state index >= 15 is 0 Å². The third-order valence-corrected chi connectivity index (χ3v) is 11.7. The van der Waals surface area contributed by atoms with E-state index in [9.17, 15) is 0 Å². The van der Waals surface area contributed by atoms with Gasteiger partial charge in [-0.2, -0.15) is 18.3 Å². The Kier molecular flexibility index (Phi) is 13.2. The van der Waals surface area contributed by atoms with Gasteiger partial charge < -0.3 is 0 Å². The molecule has 0 fully saturated rings. The van der Waals surface area contributed by atoms with Crippen LogP contribution in [0.25, 0.3) is 45.0 Å². The quantitative estimate of drug-likeness (QED) is 0.157. The summed E-state index contributed by atoms with van der Waals surface area (Å²) in [7, 11) is 8.03. The van der Waals surface area contributed by atoms with E-state index in [2.05, 4.69) is 154 Å². The molecule has 0 saturated carbocycles. The molecule has 8 rings (SSSR count). The molecule has 0 unspecified atom stereocenters. The maximum Gasteiger partial charge on any atom is 0.212 e. The SMILES string of the molecule is Cc1ccc(-c2cccc(C)[n+]2C)c(C)c1.Cc1ccccc1-c1cccc(C)[n+]1C.[2H]C([2H])([2H])c1ccc(-c2cccc(C)[n+]2C)c(C)c1.[2H]C([2H])([2H])c1cccc(-c2ccccc2C)[n+]1C. The number of pyridine rings is 4. The summed E-state index contributed by atoms with van der Waals surface area (Å²) in [5.41, 5.74) is 19.9. The number of hydrogen-bond acceptors (Lipinski definition) is 0. The first-order chi connectivity index (χ1) is 32.0. The molecule has 0 bridgehead atoms. The van der Waals surface area contributed by atoms with E-state index in [1.165, 1.54) is 50.6 Å². The maximum absolute atomic E-state index is 7.54. The molecule has 316 valence electrons. The van der Waals surface area contributed by atoms with Crippen LogP contribution in [0.3, 0.4) is 0 Å². The summed E-state index contributed by atoms with van der Waals surface area (Å²) in [6, 6.07) is 52.7. The highest BCUT2D eigenvalue weighted by Gasteiger charge is 2.16. The van der Waals surface area contributed by atoms with Crippen LogP contribution in [0.15, 0.2) is 158 Å². The minimum Gasteiger partial charge on any atom is -0.199 e. The van der Waals surface area contributed by atoms with Gasteiger partial charge >= 0.3 is 0 Å². The molecule has 0 amide bonds. The Morgan fingerprint density at radius 1 is 0.290 bits per heavy atom. The lowest BCUT2D eigenvalue weighted by Crippen LogP contribution is -2.34. The second-order valence-corrected chi connectivity index (χ2v) is 16.2. The van der Waals surface area contributed by atoms with Gasteiger partial charge in [0, 0.05) is 107 Å². The summed E-state index contributed by atoms with van der Waals surface area (Å²) in [4.78, 5) is 0. The molecule has 0 N–H and O–H groups in total. The van der Waals surface area contributed by atoms with Crippen LogP contribution in [-0.4, -0.2) is 0 Å². The lowest BCUT2D eigenvalue weighted by molar-refractivity contribution is -0.666. The molecule has 0 aliphatic carbocycles.